The molecule has 1 aromatic carbocycles. The molecule has 22 heavy (non-hydrogen) atoms. The molecule has 0 bridgehead atoms. The van der Waals surface area contributed by atoms with E-state index in [2.05, 4.69) is 5.32 Å². The molecule has 1 amide bonds. The smallest absolute Gasteiger partial charge is 0.229 e. The summed E-state index contributed by atoms with van der Waals surface area (Å²) in [5, 5.41) is 3.39. The van der Waals surface area contributed by atoms with Gasteiger partial charge in [-0.2, -0.15) is 0 Å². The molecule has 2 saturated heterocycles. The molecule has 1 spiro atoms. The first kappa shape index (κ1) is 15.5. The zero-order chi connectivity index (χ0) is 15.6. The monoisotopic (exact) mass is 302 g/mol. The SMILES string of the molecule is CC(C)C(=O)N(c1ccccc1)[C@@H]1COC2(CCNCC2)C1. The molecule has 4 heteroatoms. The lowest BCUT2D eigenvalue weighted by Gasteiger charge is -2.34. The van der Waals surface area contributed by atoms with Gasteiger partial charge in [0, 0.05) is 11.6 Å². The number of benzene rings is 1. The summed E-state index contributed by atoms with van der Waals surface area (Å²) in [5.74, 6) is 0.176. The minimum absolute atomic E-state index is 0.00946. The third-order valence-corrected chi connectivity index (χ3v) is 4.84. The summed E-state index contributed by atoms with van der Waals surface area (Å²) >= 11 is 0. The fourth-order valence-corrected chi connectivity index (χ4v) is 3.60. The van der Waals surface area contributed by atoms with E-state index in [1.807, 2.05) is 49.1 Å². The normalized spacial score (nSPS) is 23.9. The van der Waals surface area contributed by atoms with Crippen molar-refractivity contribution in [2.45, 2.75) is 44.8 Å². The minimum atomic E-state index is -0.0276. The van der Waals surface area contributed by atoms with Crippen LogP contribution in [-0.2, 0) is 9.53 Å². The Labute approximate surface area is 132 Å². The van der Waals surface area contributed by atoms with E-state index in [-0.39, 0.29) is 23.5 Å². The average Bonchev–Trinajstić information content (AvgIpc) is 2.92. The van der Waals surface area contributed by atoms with Gasteiger partial charge in [-0.25, -0.2) is 0 Å². The van der Waals surface area contributed by atoms with Gasteiger partial charge in [0.25, 0.3) is 0 Å². The highest BCUT2D eigenvalue weighted by Gasteiger charge is 2.44. The van der Waals surface area contributed by atoms with Crippen LogP contribution in [0.2, 0.25) is 0 Å². The van der Waals surface area contributed by atoms with E-state index in [0.29, 0.717) is 6.61 Å². The Morgan fingerprint density at radius 2 is 1.95 bits per heavy atom. The summed E-state index contributed by atoms with van der Waals surface area (Å²) in [7, 11) is 0. The number of anilines is 1. The quantitative estimate of drug-likeness (QED) is 0.933. The second-order valence-electron chi connectivity index (χ2n) is 6.80. The van der Waals surface area contributed by atoms with Crippen LogP contribution in [0.15, 0.2) is 30.3 Å². The van der Waals surface area contributed by atoms with Gasteiger partial charge in [0.05, 0.1) is 18.2 Å². The lowest BCUT2D eigenvalue weighted by molar-refractivity contribution is -0.121. The number of piperidine rings is 1. The highest BCUT2D eigenvalue weighted by atomic mass is 16.5. The van der Waals surface area contributed by atoms with Crippen molar-refractivity contribution in [3.63, 3.8) is 0 Å². The topological polar surface area (TPSA) is 41.6 Å². The minimum Gasteiger partial charge on any atom is -0.373 e. The molecule has 2 heterocycles. The first-order valence-electron chi connectivity index (χ1n) is 8.34. The van der Waals surface area contributed by atoms with Crippen molar-refractivity contribution in [1.82, 2.24) is 5.32 Å². The van der Waals surface area contributed by atoms with Crippen molar-refractivity contribution in [3.8, 4) is 0 Å². The van der Waals surface area contributed by atoms with E-state index in [1.165, 1.54) is 0 Å². The number of para-hydroxylation sites is 1. The van der Waals surface area contributed by atoms with E-state index in [9.17, 15) is 4.79 Å². The van der Waals surface area contributed by atoms with Gasteiger partial charge in [-0.3, -0.25) is 4.79 Å². The van der Waals surface area contributed by atoms with Crippen molar-refractivity contribution in [2.24, 2.45) is 5.92 Å². The van der Waals surface area contributed by atoms with Crippen LogP contribution in [0.1, 0.15) is 33.1 Å². The zero-order valence-electron chi connectivity index (χ0n) is 13.5. The number of carbonyl (C=O) groups excluding carboxylic acids is 1. The number of carbonyl (C=O) groups is 1. The maximum atomic E-state index is 12.8. The second kappa shape index (κ2) is 6.39. The summed E-state index contributed by atoms with van der Waals surface area (Å²) in [6.45, 7) is 6.60. The van der Waals surface area contributed by atoms with Crippen LogP contribution in [0.5, 0.6) is 0 Å². The summed E-state index contributed by atoms with van der Waals surface area (Å²) in [5.41, 5.74) is 0.959. The molecular formula is C18H26N2O2. The highest BCUT2D eigenvalue weighted by Crippen LogP contribution is 2.37. The van der Waals surface area contributed by atoms with Crippen LogP contribution in [0, 0.1) is 5.92 Å². The first-order valence-corrected chi connectivity index (χ1v) is 8.34. The molecule has 1 atom stereocenters. The number of hydrogen-bond acceptors (Lipinski definition) is 3. The van der Waals surface area contributed by atoms with Gasteiger partial charge in [0.2, 0.25) is 5.91 Å². The third-order valence-electron chi connectivity index (χ3n) is 4.84. The van der Waals surface area contributed by atoms with Gasteiger partial charge in [0.1, 0.15) is 0 Å². The summed E-state index contributed by atoms with van der Waals surface area (Å²) in [6, 6.07) is 10.2. The molecule has 0 saturated carbocycles. The van der Waals surface area contributed by atoms with Crippen LogP contribution in [0.25, 0.3) is 0 Å². The molecule has 1 aromatic rings. The van der Waals surface area contributed by atoms with E-state index < -0.39 is 0 Å². The molecule has 2 aliphatic rings. The van der Waals surface area contributed by atoms with Gasteiger partial charge in [-0.15, -0.1) is 0 Å². The number of ether oxygens (including phenoxy) is 1. The van der Waals surface area contributed by atoms with Crippen molar-refractivity contribution in [2.75, 3.05) is 24.6 Å². The van der Waals surface area contributed by atoms with Crippen LogP contribution in [-0.4, -0.2) is 37.2 Å². The summed E-state index contributed by atoms with van der Waals surface area (Å²) < 4.78 is 6.19. The predicted octanol–water partition coefficient (Wildman–Crippen LogP) is 2.59. The van der Waals surface area contributed by atoms with Crippen molar-refractivity contribution in [3.05, 3.63) is 30.3 Å². The number of amides is 1. The lowest BCUT2D eigenvalue weighted by Crippen LogP contribution is -2.45. The number of hydrogen-bond donors (Lipinski definition) is 1. The van der Waals surface area contributed by atoms with E-state index >= 15 is 0 Å². The molecule has 3 rings (SSSR count). The molecule has 4 nitrogen and oxygen atoms in total. The Morgan fingerprint density at radius 1 is 1.27 bits per heavy atom. The molecule has 0 radical (unpaired) electrons. The van der Waals surface area contributed by atoms with Gasteiger partial charge >= 0.3 is 0 Å². The second-order valence-corrected chi connectivity index (χ2v) is 6.80. The Kier molecular flexibility index (Phi) is 4.50. The van der Waals surface area contributed by atoms with E-state index in [4.69, 9.17) is 4.74 Å². The van der Waals surface area contributed by atoms with Crippen LogP contribution in [0.4, 0.5) is 5.69 Å². The molecule has 0 aliphatic carbocycles. The fourth-order valence-electron chi connectivity index (χ4n) is 3.60. The maximum absolute atomic E-state index is 12.8. The van der Waals surface area contributed by atoms with Gasteiger partial charge < -0.3 is 15.0 Å². The van der Waals surface area contributed by atoms with Crippen LogP contribution in [0.3, 0.4) is 0 Å². The predicted molar refractivity (Wildman–Crippen MR) is 88.0 cm³/mol. The largest absolute Gasteiger partial charge is 0.373 e. The fraction of sp³-hybridized carbons (Fsp3) is 0.611. The number of rotatable bonds is 3. The molecule has 0 unspecified atom stereocenters. The Balaban J connectivity index is 1.83. The first-order chi connectivity index (χ1) is 10.6. The van der Waals surface area contributed by atoms with Crippen molar-refractivity contribution in [1.29, 1.82) is 0 Å². The van der Waals surface area contributed by atoms with Gasteiger partial charge in [0.15, 0.2) is 0 Å². The van der Waals surface area contributed by atoms with E-state index in [1.54, 1.807) is 0 Å². The molecule has 120 valence electrons. The van der Waals surface area contributed by atoms with Crippen molar-refractivity contribution >= 4 is 11.6 Å². The molecular weight excluding hydrogens is 276 g/mol. The van der Waals surface area contributed by atoms with E-state index in [0.717, 1.165) is 38.0 Å². The van der Waals surface area contributed by atoms with Crippen LogP contribution < -0.4 is 10.2 Å². The van der Waals surface area contributed by atoms with Crippen molar-refractivity contribution < 1.29 is 9.53 Å². The van der Waals surface area contributed by atoms with Crippen LogP contribution >= 0.6 is 0 Å². The molecule has 2 fully saturated rings. The Bertz CT molecular complexity index is 509. The Hall–Kier alpha value is -1.39. The summed E-state index contributed by atoms with van der Waals surface area (Å²) in [6.07, 6.45) is 3.03. The zero-order valence-corrected chi connectivity index (χ0v) is 13.5. The lowest BCUT2D eigenvalue weighted by atomic mass is 9.87. The average molecular weight is 302 g/mol. The van der Waals surface area contributed by atoms with Gasteiger partial charge in [-0.05, 0) is 44.5 Å². The molecule has 2 aliphatic heterocycles. The van der Waals surface area contributed by atoms with Gasteiger partial charge in [-0.1, -0.05) is 32.0 Å². The third kappa shape index (κ3) is 3.03. The maximum Gasteiger partial charge on any atom is 0.229 e. The number of nitrogens with one attached hydrogen (secondary N) is 1. The standard InChI is InChI=1S/C18H26N2O2/c1-14(2)17(21)20(15-6-4-3-5-7-15)16-12-18(22-13-16)8-10-19-11-9-18/h3-7,14,16,19H,8-13H2,1-2H3/t16-/m0/s1. The highest BCUT2D eigenvalue weighted by molar-refractivity contribution is 5.95. The Morgan fingerprint density at radius 3 is 2.59 bits per heavy atom. The molecule has 1 N–H and O–H groups in total. The summed E-state index contributed by atoms with van der Waals surface area (Å²) in [4.78, 5) is 14.7. The molecule has 0 aromatic heterocycles. The number of nitrogens with zero attached hydrogens (tertiary/aromatic N) is 1.